The molecule has 0 spiro atoms. The van der Waals surface area contributed by atoms with Gasteiger partial charge < -0.3 is 0 Å². The van der Waals surface area contributed by atoms with Crippen molar-refractivity contribution in [3.05, 3.63) is 59.7 Å². The third kappa shape index (κ3) is 5.17. The van der Waals surface area contributed by atoms with Crippen molar-refractivity contribution in [2.24, 2.45) is 0 Å². The lowest BCUT2D eigenvalue weighted by molar-refractivity contribution is -0.120. The molecule has 3 aromatic rings. The molecule has 5 rings (SSSR count). The summed E-state index contributed by atoms with van der Waals surface area (Å²) in [6, 6.07) is 16.3. The highest BCUT2D eigenvalue weighted by atomic mass is 32.2. The number of carbonyl (C=O) groups is 1. The first kappa shape index (κ1) is 23.4. The maximum Gasteiger partial charge on any atom is 0.243 e. The molecule has 0 unspecified atom stereocenters. The van der Waals surface area contributed by atoms with Crippen LogP contribution in [0.15, 0.2) is 48.5 Å². The number of para-hydroxylation sites is 1. The van der Waals surface area contributed by atoms with Crippen LogP contribution in [0.25, 0.3) is 10.2 Å². The lowest BCUT2D eigenvalue weighted by Crippen LogP contribution is -2.53. The van der Waals surface area contributed by atoms with Crippen molar-refractivity contribution in [3.63, 3.8) is 0 Å². The molecule has 7 nitrogen and oxygen atoms in total. The van der Waals surface area contributed by atoms with E-state index in [-0.39, 0.29) is 17.7 Å². The molecule has 0 aliphatic carbocycles. The largest absolute Gasteiger partial charge is 0.297 e. The number of anilines is 1. The molecule has 2 fully saturated rings. The molecule has 2 saturated heterocycles. The summed E-state index contributed by atoms with van der Waals surface area (Å²) in [5.74, 6) is 0.609. The molecule has 2 aliphatic rings. The minimum atomic E-state index is -2.89. The lowest BCUT2D eigenvalue weighted by Gasteiger charge is -2.37. The SMILES string of the molecule is Cc1cccc2sc(N(Cc3ccccc3)C(=O)CN3CCN([C@H]4CCS(=O)(=O)C4)CC3)nc12. The molecular formula is C25H30N4O3S2. The zero-order valence-corrected chi connectivity index (χ0v) is 21.0. The zero-order chi connectivity index (χ0) is 23.7. The van der Waals surface area contributed by atoms with E-state index in [1.807, 2.05) is 54.3 Å². The Morgan fingerprint density at radius 2 is 1.85 bits per heavy atom. The highest BCUT2D eigenvalue weighted by Gasteiger charge is 2.34. The number of aromatic nitrogens is 1. The van der Waals surface area contributed by atoms with Crippen LogP contribution in [0, 0.1) is 6.92 Å². The van der Waals surface area contributed by atoms with Gasteiger partial charge in [0.15, 0.2) is 15.0 Å². The highest BCUT2D eigenvalue weighted by molar-refractivity contribution is 7.91. The van der Waals surface area contributed by atoms with E-state index < -0.39 is 9.84 Å². The van der Waals surface area contributed by atoms with Crippen LogP contribution in [0.4, 0.5) is 5.13 Å². The van der Waals surface area contributed by atoms with Gasteiger partial charge in [-0.05, 0) is 30.5 Å². The van der Waals surface area contributed by atoms with Crippen LogP contribution in [-0.2, 0) is 21.2 Å². The van der Waals surface area contributed by atoms with Gasteiger partial charge >= 0.3 is 0 Å². The third-order valence-electron chi connectivity index (χ3n) is 6.82. The average Bonchev–Trinajstić information content (AvgIpc) is 3.42. The minimum absolute atomic E-state index is 0.0393. The number of nitrogens with zero attached hydrogens (tertiary/aromatic N) is 4. The second kappa shape index (κ2) is 9.73. The first-order valence-electron chi connectivity index (χ1n) is 11.8. The molecule has 0 N–H and O–H groups in total. The number of amides is 1. The maximum atomic E-state index is 13.6. The van der Waals surface area contributed by atoms with E-state index in [2.05, 4.69) is 15.9 Å². The topological polar surface area (TPSA) is 73.8 Å². The number of rotatable bonds is 6. The summed E-state index contributed by atoms with van der Waals surface area (Å²) in [7, 11) is -2.89. The van der Waals surface area contributed by atoms with Crippen LogP contribution in [-0.4, -0.2) is 79.4 Å². The van der Waals surface area contributed by atoms with Gasteiger partial charge in [0, 0.05) is 32.2 Å². The second-order valence-corrected chi connectivity index (χ2v) is 12.5. The molecule has 0 radical (unpaired) electrons. The summed E-state index contributed by atoms with van der Waals surface area (Å²) in [4.78, 5) is 24.7. The number of thiazole rings is 1. The lowest BCUT2D eigenvalue weighted by atomic mass is 10.2. The molecule has 2 aliphatic heterocycles. The molecule has 1 atom stereocenters. The van der Waals surface area contributed by atoms with Crippen LogP contribution < -0.4 is 4.90 Å². The van der Waals surface area contributed by atoms with Crippen LogP contribution in [0.2, 0.25) is 0 Å². The Balaban J connectivity index is 1.29. The first-order valence-corrected chi connectivity index (χ1v) is 14.4. The molecule has 1 aromatic heterocycles. The summed E-state index contributed by atoms with van der Waals surface area (Å²) in [5, 5.41) is 0.730. The summed E-state index contributed by atoms with van der Waals surface area (Å²) in [5.41, 5.74) is 3.13. The van der Waals surface area contributed by atoms with Crippen molar-refractivity contribution < 1.29 is 13.2 Å². The van der Waals surface area contributed by atoms with Crippen molar-refractivity contribution in [2.45, 2.75) is 25.9 Å². The van der Waals surface area contributed by atoms with E-state index in [1.54, 1.807) is 11.3 Å². The van der Waals surface area contributed by atoms with Crippen molar-refractivity contribution in [3.8, 4) is 0 Å². The van der Waals surface area contributed by atoms with Gasteiger partial charge in [0.25, 0.3) is 0 Å². The van der Waals surface area contributed by atoms with Gasteiger partial charge in [-0.25, -0.2) is 13.4 Å². The minimum Gasteiger partial charge on any atom is -0.297 e. The predicted molar refractivity (Wildman–Crippen MR) is 137 cm³/mol. The molecule has 9 heteroatoms. The number of hydrogen-bond donors (Lipinski definition) is 0. The van der Waals surface area contributed by atoms with Gasteiger partial charge in [-0.3, -0.25) is 19.5 Å². The number of fused-ring (bicyclic) bond motifs is 1. The summed E-state index contributed by atoms with van der Waals surface area (Å²) in [6.45, 7) is 5.99. The quantitative estimate of drug-likeness (QED) is 0.520. The van der Waals surface area contributed by atoms with Crippen molar-refractivity contribution in [1.29, 1.82) is 0 Å². The molecule has 1 amide bonds. The first-order chi connectivity index (χ1) is 16.4. The smallest absolute Gasteiger partial charge is 0.243 e. The van der Waals surface area contributed by atoms with E-state index in [0.29, 0.717) is 18.8 Å². The Bertz CT molecular complexity index is 1270. The van der Waals surface area contributed by atoms with Gasteiger partial charge in [0.1, 0.15) is 0 Å². The zero-order valence-electron chi connectivity index (χ0n) is 19.4. The molecule has 2 aromatic carbocycles. The number of piperazine rings is 1. The molecule has 180 valence electrons. The molecular weight excluding hydrogens is 468 g/mol. The Morgan fingerprint density at radius 3 is 2.53 bits per heavy atom. The fourth-order valence-electron chi connectivity index (χ4n) is 4.85. The molecule has 3 heterocycles. The molecule has 0 saturated carbocycles. The molecule has 34 heavy (non-hydrogen) atoms. The van der Waals surface area contributed by atoms with E-state index in [4.69, 9.17) is 4.98 Å². The Morgan fingerprint density at radius 1 is 1.09 bits per heavy atom. The highest BCUT2D eigenvalue weighted by Crippen LogP contribution is 2.31. The van der Waals surface area contributed by atoms with E-state index in [0.717, 1.165) is 59.1 Å². The fraction of sp³-hybridized carbons (Fsp3) is 0.440. The number of benzene rings is 2. The van der Waals surface area contributed by atoms with Crippen LogP contribution in [0.1, 0.15) is 17.5 Å². The van der Waals surface area contributed by atoms with Crippen LogP contribution in [0.5, 0.6) is 0 Å². The summed E-state index contributed by atoms with van der Waals surface area (Å²) < 4.78 is 24.8. The normalized spacial score (nSPS) is 21.1. The van der Waals surface area contributed by atoms with Crippen molar-refractivity contribution in [1.82, 2.24) is 14.8 Å². The Kier molecular flexibility index (Phi) is 6.70. The van der Waals surface area contributed by atoms with E-state index in [9.17, 15) is 13.2 Å². The van der Waals surface area contributed by atoms with Crippen LogP contribution in [0.3, 0.4) is 0 Å². The van der Waals surface area contributed by atoms with Crippen molar-refractivity contribution in [2.75, 3.05) is 49.1 Å². The van der Waals surface area contributed by atoms with Crippen molar-refractivity contribution >= 4 is 42.4 Å². The predicted octanol–water partition coefficient (Wildman–Crippen LogP) is 2.94. The number of carbonyl (C=O) groups excluding carboxylic acids is 1. The van der Waals surface area contributed by atoms with Gasteiger partial charge in [-0.2, -0.15) is 0 Å². The average molecular weight is 499 g/mol. The monoisotopic (exact) mass is 498 g/mol. The van der Waals surface area contributed by atoms with Crippen LogP contribution >= 0.6 is 11.3 Å². The fourth-order valence-corrected chi connectivity index (χ4v) is 7.67. The van der Waals surface area contributed by atoms with Gasteiger partial charge in [0.2, 0.25) is 5.91 Å². The summed E-state index contributed by atoms with van der Waals surface area (Å²) in [6.07, 6.45) is 0.725. The van der Waals surface area contributed by atoms with Gasteiger partial charge in [-0.15, -0.1) is 0 Å². The standard InChI is InChI=1S/C25H30N4O3S2/c1-19-6-5-9-22-24(19)26-25(33-22)29(16-20-7-3-2-4-8-20)23(30)17-27-11-13-28(14-12-27)21-10-15-34(31,32)18-21/h2-9,21H,10-18H2,1H3/t21-/m0/s1. The number of sulfone groups is 1. The molecule has 0 bridgehead atoms. The number of hydrogen-bond acceptors (Lipinski definition) is 7. The Labute approximate surface area is 204 Å². The Hall–Kier alpha value is -2.33. The van der Waals surface area contributed by atoms with E-state index in [1.165, 1.54) is 0 Å². The van der Waals surface area contributed by atoms with Gasteiger partial charge in [0.05, 0.1) is 34.8 Å². The summed E-state index contributed by atoms with van der Waals surface area (Å²) >= 11 is 1.56. The number of aryl methyl sites for hydroxylation is 1. The third-order valence-corrected chi connectivity index (χ3v) is 9.61. The van der Waals surface area contributed by atoms with Gasteiger partial charge in [-0.1, -0.05) is 53.8 Å². The maximum absolute atomic E-state index is 13.6. The van der Waals surface area contributed by atoms with E-state index >= 15 is 0 Å². The second-order valence-electron chi connectivity index (χ2n) is 9.25.